The summed E-state index contributed by atoms with van der Waals surface area (Å²) < 4.78 is 6.30. The van der Waals surface area contributed by atoms with Crippen LogP contribution in [0.3, 0.4) is 0 Å². The number of nitrogens with zero attached hydrogens (tertiary/aromatic N) is 4. The zero-order valence-electron chi connectivity index (χ0n) is 13.4. The van der Waals surface area contributed by atoms with Gasteiger partial charge in [-0.2, -0.15) is 0 Å². The maximum Gasteiger partial charge on any atom is 0.140 e. The van der Waals surface area contributed by atoms with Crippen molar-refractivity contribution < 1.29 is 4.74 Å². The van der Waals surface area contributed by atoms with Crippen LogP contribution in [0.5, 0.6) is 5.75 Å². The third kappa shape index (κ3) is 3.06. The van der Waals surface area contributed by atoms with Crippen LogP contribution in [-0.4, -0.2) is 39.0 Å². The molecule has 0 radical (unpaired) electrons. The molecule has 23 heavy (non-hydrogen) atoms. The van der Waals surface area contributed by atoms with E-state index in [1.807, 2.05) is 31.5 Å². The van der Waals surface area contributed by atoms with Crippen LogP contribution in [0.25, 0.3) is 0 Å². The molecule has 5 heteroatoms. The standard InChI is InChI=1S/C18H22N4O/c1-13-17(3-2-6-20-13)23-18-5-4-14-10-22(12-16(14)18)11-15-9-19-7-8-21-15/h2-3,6-9,14,16,18H,4-5,10-12H2,1H3/t14-,16+,18-/m1/s1. The van der Waals surface area contributed by atoms with Gasteiger partial charge in [-0.25, -0.2) is 0 Å². The lowest BCUT2D eigenvalue weighted by molar-refractivity contribution is 0.146. The lowest BCUT2D eigenvalue weighted by Crippen LogP contribution is -2.28. The van der Waals surface area contributed by atoms with Gasteiger partial charge in [0, 0.05) is 50.3 Å². The van der Waals surface area contributed by atoms with E-state index in [-0.39, 0.29) is 0 Å². The topological polar surface area (TPSA) is 51.1 Å². The molecule has 0 aromatic carbocycles. The lowest BCUT2D eigenvalue weighted by Gasteiger charge is -2.22. The summed E-state index contributed by atoms with van der Waals surface area (Å²) >= 11 is 0. The smallest absolute Gasteiger partial charge is 0.140 e. The van der Waals surface area contributed by atoms with Crippen LogP contribution in [0, 0.1) is 18.8 Å². The second-order valence-corrected chi connectivity index (χ2v) is 6.64. The van der Waals surface area contributed by atoms with Gasteiger partial charge in [-0.3, -0.25) is 19.9 Å². The molecule has 0 N–H and O–H groups in total. The van der Waals surface area contributed by atoms with Gasteiger partial charge in [0.05, 0.1) is 11.4 Å². The number of rotatable bonds is 4. The molecule has 0 amide bonds. The van der Waals surface area contributed by atoms with Crippen LogP contribution < -0.4 is 4.74 Å². The summed E-state index contributed by atoms with van der Waals surface area (Å²) in [5.41, 5.74) is 2.03. The lowest BCUT2D eigenvalue weighted by atomic mass is 9.99. The Balaban J connectivity index is 1.41. The van der Waals surface area contributed by atoms with Gasteiger partial charge in [0.1, 0.15) is 11.9 Å². The number of likely N-dealkylation sites (tertiary alicyclic amines) is 1. The molecule has 2 fully saturated rings. The van der Waals surface area contributed by atoms with Crippen molar-refractivity contribution in [2.45, 2.75) is 32.4 Å². The summed E-state index contributed by atoms with van der Waals surface area (Å²) in [5, 5.41) is 0. The predicted molar refractivity (Wildman–Crippen MR) is 86.9 cm³/mol. The SMILES string of the molecule is Cc1ncccc1O[C@@H]1CC[C@@H]2CN(Cc3cnccn3)C[C@@H]21. The minimum Gasteiger partial charge on any atom is -0.488 e. The molecule has 2 aromatic heterocycles. The Morgan fingerprint density at radius 3 is 2.96 bits per heavy atom. The minimum absolute atomic E-state index is 0.315. The summed E-state index contributed by atoms with van der Waals surface area (Å²) in [4.78, 5) is 15.4. The molecule has 2 aliphatic rings. The summed E-state index contributed by atoms with van der Waals surface area (Å²) in [7, 11) is 0. The predicted octanol–water partition coefficient (Wildman–Crippen LogP) is 2.47. The Kier molecular flexibility index (Phi) is 3.95. The van der Waals surface area contributed by atoms with Crippen LogP contribution in [0.4, 0.5) is 0 Å². The van der Waals surface area contributed by atoms with E-state index in [1.54, 1.807) is 12.4 Å². The maximum absolute atomic E-state index is 6.30. The Labute approximate surface area is 136 Å². The van der Waals surface area contributed by atoms with E-state index in [1.165, 1.54) is 6.42 Å². The largest absolute Gasteiger partial charge is 0.488 e. The molecule has 0 spiro atoms. The number of pyridine rings is 1. The molecule has 1 aliphatic heterocycles. The van der Waals surface area contributed by atoms with Gasteiger partial charge < -0.3 is 4.74 Å². The number of aromatic nitrogens is 3. The summed E-state index contributed by atoms with van der Waals surface area (Å²) in [6.07, 6.45) is 9.90. The zero-order valence-corrected chi connectivity index (χ0v) is 13.4. The van der Waals surface area contributed by atoms with Crippen molar-refractivity contribution in [3.63, 3.8) is 0 Å². The van der Waals surface area contributed by atoms with Gasteiger partial charge in [-0.1, -0.05) is 0 Å². The van der Waals surface area contributed by atoms with Gasteiger partial charge >= 0.3 is 0 Å². The molecule has 1 aliphatic carbocycles. The molecule has 0 unspecified atom stereocenters. The Morgan fingerprint density at radius 1 is 1.17 bits per heavy atom. The van der Waals surface area contributed by atoms with E-state index in [4.69, 9.17) is 4.74 Å². The monoisotopic (exact) mass is 310 g/mol. The fraction of sp³-hybridized carbons (Fsp3) is 0.500. The Bertz CT molecular complexity index is 663. The Morgan fingerprint density at radius 2 is 2.13 bits per heavy atom. The van der Waals surface area contributed by atoms with Gasteiger partial charge in [0.25, 0.3) is 0 Å². The van der Waals surface area contributed by atoms with E-state index < -0.39 is 0 Å². The van der Waals surface area contributed by atoms with Crippen LogP contribution in [0.2, 0.25) is 0 Å². The number of aryl methyl sites for hydroxylation is 1. The first kappa shape index (κ1) is 14.6. The molecule has 5 nitrogen and oxygen atoms in total. The molecule has 4 rings (SSSR count). The first-order chi connectivity index (χ1) is 11.3. The van der Waals surface area contributed by atoms with Crippen molar-refractivity contribution in [1.29, 1.82) is 0 Å². The molecule has 1 saturated carbocycles. The van der Waals surface area contributed by atoms with Crippen molar-refractivity contribution in [2.75, 3.05) is 13.1 Å². The first-order valence-electron chi connectivity index (χ1n) is 8.35. The fourth-order valence-electron chi connectivity index (χ4n) is 3.98. The van der Waals surface area contributed by atoms with E-state index in [0.717, 1.165) is 49.1 Å². The molecule has 2 aromatic rings. The first-order valence-corrected chi connectivity index (χ1v) is 8.35. The van der Waals surface area contributed by atoms with Crippen molar-refractivity contribution in [3.8, 4) is 5.75 Å². The molecule has 3 heterocycles. The molecule has 0 bridgehead atoms. The highest BCUT2D eigenvalue weighted by atomic mass is 16.5. The number of fused-ring (bicyclic) bond motifs is 1. The van der Waals surface area contributed by atoms with Crippen LogP contribution in [0.15, 0.2) is 36.9 Å². The van der Waals surface area contributed by atoms with Crippen LogP contribution in [0.1, 0.15) is 24.2 Å². The molecular weight excluding hydrogens is 288 g/mol. The fourth-order valence-corrected chi connectivity index (χ4v) is 3.98. The highest BCUT2D eigenvalue weighted by Crippen LogP contribution is 2.40. The van der Waals surface area contributed by atoms with Crippen LogP contribution in [-0.2, 0) is 6.54 Å². The normalized spacial score (nSPS) is 27.1. The summed E-state index contributed by atoms with van der Waals surface area (Å²) in [6.45, 7) is 5.13. The third-order valence-electron chi connectivity index (χ3n) is 5.11. The van der Waals surface area contributed by atoms with Gasteiger partial charge in [-0.05, 0) is 37.8 Å². The van der Waals surface area contributed by atoms with E-state index in [0.29, 0.717) is 12.0 Å². The van der Waals surface area contributed by atoms with Gasteiger partial charge in [-0.15, -0.1) is 0 Å². The zero-order chi connectivity index (χ0) is 15.6. The number of hydrogen-bond donors (Lipinski definition) is 0. The maximum atomic E-state index is 6.30. The molecule has 3 atom stereocenters. The summed E-state index contributed by atoms with van der Waals surface area (Å²) in [5.74, 6) is 2.30. The quantitative estimate of drug-likeness (QED) is 0.868. The molecular formula is C18H22N4O. The van der Waals surface area contributed by atoms with E-state index in [9.17, 15) is 0 Å². The van der Waals surface area contributed by atoms with Crippen molar-refractivity contribution >= 4 is 0 Å². The van der Waals surface area contributed by atoms with Gasteiger partial charge in [0.2, 0.25) is 0 Å². The van der Waals surface area contributed by atoms with Crippen molar-refractivity contribution in [2.24, 2.45) is 11.8 Å². The average molecular weight is 310 g/mol. The second kappa shape index (κ2) is 6.24. The average Bonchev–Trinajstić information content (AvgIpc) is 3.12. The number of hydrogen-bond acceptors (Lipinski definition) is 5. The summed E-state index contributed by atoms with van der Waals surface area (Å²) in [6, 6.07) is 3.98. The van der Waals surface area contributed by atoms with E-state index in [2.05, 4.69) is 19.9 Å². The van der Waals surface area contributed by atoms with Crippen molar-refractivity contribution in [1.82, 2.24) is 19.9 Å². The van der Waals surface area contributed by atoms with Crippen LogP contribution >= 0.6 is 0 Å². The highest BCUT2D eigenvalue weighted by molar-refractivity contribution is 5.26. The minimum atomic E-state index is 0.315. The van der Waals surface area contributed by atoms with Gasteiger partial charge in [0.15, 0.2) is 0 Å². The Hall–Kier alpha value is -2.01. The molecule has 1 saturated heterocycles. The highest BCUT2D eigenvalue weighted by Gasteiger charge is 2.43. The third-order valence-corrected chi connectivity index (χ3v) is 5.11. The molecule has 120 valence electrons. The number of ether oxygens (including phenoxy) is 1. The second-order valence-electron chi connectivity index (χ2n) is 6.64. The van der Waals surface area contributed by atoms with E-state index >= 15 is 0 Å². The van der Waals surface area contributed by atoms with Crippen molar-refractivity contribution in [3.05, 3.63) is 48.3 Å².